The lowest BCUT2D eigenvalue weighted by atomic mass is 10.0. The van der Waals surface area contributed by atoms with Gasteiger partial charge in [-0.3, -0.25) is 4.79 Å². The molecule has 0 aromatic heterocycles. The van der Waals surface area contributed by atoms with Gasteiger partial charge < -0.3 is 10.6 Å². The van der Waals surface area contributed by atoms with Gasteiger partial charge in [-0.15, -0.1) is 0 Å². The Morgan fingerprint density at radius 2 is 2.00 bits per heavy atom. The number of carbonyl (C=O) groups excluding carboxylic acids is 1. The van der Waals surface area contributed by atoms with Crippen LogP contribution in [0, 0.1) is 5.92 Å². The molecule has 1 amide bonds. The second kappa shape index (κ2) is 6.80. The van der Waals surface area contributed by atoms with Crippen LogP contribution in [0.25, 0.3) is 0 Å². The molecule has 3 nitrogen and oxygen atoms in total. The zero-order valence-corrected chi connectivity index (χ0v) is 12.6. The standard InChI is InChI=1S/C13H15Cl3N2O/c14-9-5-10(15)13(11(16)6-9)18-12(19)2-1-8-3-4-17-7-8/h5-6,8,17H,1-4,7H2,(H,18,19). The van der Waals surface area contributed by atoms with Gasteiger partial charge in [0.05, 0.1) is 15.7 Å². The van der Waals surface area contributed by atoms with E-state index in [2.05, 4.69) is 10.6 Å². The minimum atomic E-state index is -0.0713. The van der Waals surface area contributed by atoms with Crippen molar-refractivity contribution in [3.05, 3.63) is 27.2 Å². The fourth-order valence-corrected chi connectivity index (χ4v) is 3.07. The van der Waals surface area contributed by atoms with Gasteiger partial charge in [0.1, 0.15) is 0 Å². The third kappa shape index (κ3) is 4.25. The molecule has 1 heterocycles. The number of hydrogen-bond acceptors (Lipinski definition) is 2. The predicted molar refractivity (Wildman–Crippen MR) is 80.3 cm³/mol. The molecule has 0 aliphatic carbocycles. The molecule has 0 spiro atoms. The van der Waals surface area contributed by atoms with Crippen molar-refractivity contribution in [3.63, 3.8) is 0 Å². The number of anilines is 1. The Kier molecular flexibility index (Phi) is 5.34. The number of hydrogen-bond donors (Lipinski definition) is 2. The fourth-order valence-electron chi connectivity index (χ4n) is 2.16. The van der Waals surface area contributed by atoms with Crippen molar-refractivity contribution in [1.29, 1.82) is 0 Å². The Bertz CT molecular complexity index is 450. The number of halogens is 3. The van der Waals surface area contributed by atoms with Crippen LogP contribution in [0.15, 0.2) is 12.1 Å². The van der Waals surface area contributed by atoms with Crippen LogP contribution in [0.5, 0.6) is 0 Å². The van der Waals surface area contributed by atoms with E-state index in [9.17, 15) is 4.79 Å². The van der Waals surface area contributed by atoms with Crippen LogP contribution in [0.1, 0.15) is 19.3 Å². The van der Waals surface area contributed by atoms with E-state index >= 15 is 0 Å². The van der Waals surface area contributed by atoms with Crippen LogP contribution in [0.4, 0.5) is 5.69 Å². The monoisotopic (exact) mass is 320 g/mol. The van der Waals surface area contributed by atoms with Crippen molar-refractivity contribution in [2.45, 2.75) is 19.3 Å². The van der Waals surface area contributed by atoms with Crippen molar-refractivity contribution in [2.75, 3.05) is 18.4 Å². The van der Waals surface area contributed by atoms with Gasteiger partial charge in [0.2, 0.25) is 5.91 Å². The van der Waals surface area contributed by atoms with Gasteiger partial charge in [-0.05, 0) is 44.0 Å². The van der Waals surface area contributed by atoms with Gasteiger partial charge in [0.25, 0.3) is 0 Å². The Morgan fingerprint density at radius 3 is 2.58 bits per heavy atom. The van der Waals surface area contributed by atoms with Crippen LogP contribution in [-0.2, 0) is 4.79 Å². The molecule has 1 atom stereocenters. The summed E-state index contributed by atoms with van der Waals surface area (Å²) in [4.78, 5) is 11.9. The molecule has 104 valence electrons. The number of nitrogens with one attached hydrogen (secondary N) is 2. The van der Waals surface area contributed by atoms with Crippen LogP contribution >= 0.6 is 34.8 Å². The SMILES string of the molecule is O=C(CCC1CCNC1)Nc1c(Cl)cc(Cl)cc1Cl. The van der Waals surface area contributed by atoms with Crippen molar-refractivity contribution in [1.82, 2.24) is 5.32 Å². The summed E-state index contributed by atoms with van der Waals surface area (Å²) in [6, 6.07) is 3.12. The lowest BCUT2D eigenvalue weighted by molar-refractivity contribution is -0.116. The van der Waals surface area contributed by atoms with Crippen molar-refractivity contribution >= 4 is 46.4 Å². The molecule has 1 aromatic rings. The van der Waals surface area contributed by atoms with E-state index in [0.717, 1.165) is 25.9 Å². The van der Waals surface area contributed by atoms with E-state index in [-0.39, 0.29) is 5.91 Å². The molecule has 1 aliphatic heterocycles. The zero-order valence-electron chi connectivity index (χ0n) is 10.3. The van der Waals surface area contributed by atoms with Gasteiger partial charge in [-0.25, -0.2) is 0 Å². The highest BCUT2D eigenvalue weighted by Crippen LogP contribution is 2.33. The summed E-state index contributed by atoms with van der Waals surface area (Å²) in [6.07, 6.45) is 2.49. The summed E-state index contributed by atoms with van der Waals surface area (Å²) in [6.45, 7) is 2.04. The van der Waals surface area contributed by atoms with Gasteiger partial charge in [0, 0.05) is 11.4 Å². The lowest BCUT2D eigenvalue weighted by Crippen LogP contribution is -2.15. The normalized spacial score (nSPS) is 18.6. The first-order valence-corrected chi connectivity index (χ1v) is 7.35. The molecular formula is C13H15Cl3N2O. The van der Waals surface area contributed by atoms with Gasteiger partial charge in [-0.1, -0.05) is 34.8 Å². The van der Waals surface area contributed by atoms with Crippen LogP contribution in [0.2, 0.25) is 15.1 Å². The number of rotatable bonds is 4. The zero-order chi connectivity index (χ0) is 13.8. The summed E-state index contributed by atoms with van der Waals surface area (Å²) in [5, 5.41) is 7.19. The molecule has 0 saturated carbocycles. The largest absolute Gasteiger partial charge is 0.324 e. The molecule has 2 N–H and O–H groups in total. The first kappa shape index (κ1) is 14.9. The molecule has 19 heavy (non-hydrogen) atoms. The average molecular weight is 322 g/mol. The molecule has 1 saturated heterocycles. The maximum absolute atomic E-state index is 11.9. The van der Waals surface area contributed by atoms with Gasteiger partial charge in [0.15, 0.2) is 0 Å². The quantitative estimate of drug-likeness (QED) is 0.881. The highest BCUT2D eigenvalue weighted by molar-refractivity contribution is 6.42. The maximum Gasteiger partial charge on any atom is 0.224 e. The molecule has 1 aliphatic rings. The maximum atomic E-state index is 11.9. The second-order valence-electron chi connectivity index (χ2n) is 4.69. The van der Waals surface area contributed by atoms with Crippen LogP contribution in [0.3, 0.4) is 0 Å². The number of benzene rings is 1. The van der Waals surface area contributed by atoms with E-state index in [4.69, 9.17) is 34.8 Å². The molecule has 1 fully saturated rings. The lowest BCUT2D eigenvalue weighted by Gasteiger charge is -2.11. The summed E-state index contributed by atoms with van der Waals surface area (Å²) >= 11 is 17.8. The number of amides is 1. The molecule has 0 radical (unpaired) electrons. The van der Waals surface area contributed by atoms with Crippen LogP contribution < -0.4 is 10.6 Å². The van der Waals surface area contributed by atoms with E-state index in [1.54, 1.807) is 12.1 Å². The van der Waals surface area contributed by atoms with Gasteiger partial charge in [-0.2, -0.15) is 0 Å². The van der Waals surface area contributed by atoms with Crippen molar-refractivity contribution < 1.29 is 4.79 Å². The minimum absolute atomic E-state index is 0.0713. The summed E-state index contributed by atoms with van der Waals surface area (Å²) in [7, 11) is 0. The minimum Gasteiger partial charge on any atom is -0.324 e. The Morgan fingerprint density at radius 1 is 1.32 bits per heavy atom. The first-order valence-electron chi connectivity index (χ1n) is 6.21. The van der Waals surface area contributed by atoms with E-state index < -0.39 is 0 Å². The summed E-state index contributed by atoms with van der Waals surface area (Å²) in [5.74, 6) is 0.514. The molecular weight excluding hydrogens is 307 g/mol. The average Bonchev–Trinajstić information content (AvgIpc) is 2.84. The van der Waals surface area contributed by atoms with E-state index in [0.29, 0.717) is 33.1 Å². The summed E-state index contributed by atoms with van der Waals surface area (Å²) < 4.78 is 0. The Balaban J connectivity index is 1.91. The fraction of sp³-hybridized carbons (Fsp3) is 0.462. The van der Waals surface area contributed by atoms with E-state index in [1.165, 1.54) is 0 Å². The smallest absolute Gasteiger partial charge is 0.224 e. The molecule has 6 heteroatoms. The van der Waals surface area contributed by atoms with Crippen molar-refractivity contribution in [3.8, 4) is 0 Å². The molecule has 1 unspecified atom stereocenters. The van der Waals surface area contributed by atoms with Crippen LogP contribution in [-0.4, -0.2) is 19.0 Å². The third-order valence-corrected chi connectivity index (χ3v) is 4.03. The summed E-state index contributed by atoms with van der Waals surface area (Å²) in [5.41, 5.74) is 0.433. The highest BCUT2D eigenvalue weighted by atomic mass is 35.5. The van der Waals surface area contributed by atoms with E-state index in [1.807, 2.05) is 0 Å². The number of carbonyl (C=O) groups is 1. The molecule has 2 rings (SSSR count). The molecule has 0 bridgehead atoms. The third-order valence-electron chi connectivity index (χ3n) is 3.21. The Labute approximate surface area is 127 Å². The van der Waals surface area contributed by atoms with Crippen molar-refractivity contribution in [2.24, 2.45) is 5.92 Å². The Hall–Kier alpha value is -0.480. The first-order chi connectivity index (χ1) is 9.06. The topological polar surface area (TPSA) is 41.1 Å². The van der Waals surface area contributed by atoms with Gasteiger partial charge >= 0.3 is 0 Å². The molecule has 1 aromatic carbocycles. The predicted octanol–water partition coefficient (Wildman–Crippen LogP) is 3.98. The second-order valence-corrected chi connectivity index (χ2v) is 5.94. The highest BCUT2D eigenvalue weighted by Gasteiger charge is 2.17.